The number of benzene rings is 1. The molecule has 0 atom stereocenters. The average Bonchev–Trinajstić information content (AvgIpc) is 2.81. The third kappa shape index (κ3) is 1.49. The Balaban J connectivity index is 2.28. The maximum atomic E-state index is 5.71. The molecule has 86 valence electrons. The number of fused-ring (bicyclic) bond motifs is 1. The van der Waals surface area contributed by atoms with Crippen molar-refractivity contribution in [2.45, 2.75) is 6.92 Å². The molecule has 0 saturated heterocycles. The summed E-state index contributed by atoms with van der Waals surface area (Å²) in [4.78, 5) is 3.28. The van der Waals surface area contributed by atoms with Gasteiger partial charge in [0, 0.05) is 35.8 Å². The van der Waals surface area contributed by atoms with E-state index in [2.05, 4.69) is 35.2 Å². The van der Waals surface area contributed by atoms with Gasteiger partial charge in [0.25, 0.3) is 0 Å². The summed E-state index contributed by atoms with van der Waals surface area (Å²) >= 11 is 0. The van der Waals surface area contributed by atoms with Gasteiger partial charge in [-0.05, 0) is 18.6 Å². The van der Waals surface area contributed by atoms with Gasteiger partial charge < -0.3 is 10.7 Å². The summed E-state index contributed by atoms with van der Waals surface area (Å²) in [5, 5.41) is 5.37. The van der Waals surface area contributed by atoms with Crippen molar-refractivity contribution >= 4 is 16.7 Å². The van der Waals surface area contributed by atoms with Crippen molar-refractivity contribution < 1.29 is 0 Å². The first-order valence-corrected chi connectivity index (χ1v) is 5.53. The van der Waals surface area contributed by atoms with E-state index in [-0.39, 0.29) is 0 Å². The molecule has 17 heavy (non-hydrogen) atoms. The average molecular weight is 226 g/mol. The number of nitrogens with one attached hydrogen (secondary N) is 1. The fourth-order valence-corrected chi connectivity index (χ4v) is 2.19. The van der Waals surface area contributed by atoms with Gasteiger partial charge in [0.2, 0.25) is 0 Å². The number of aromatic amines is 1. The molecule has 0 aliphatic heterocycles. The monoisotopic (exact) mass is 226 g/mol. The molecular weight excluding hydrogens is 212 g/mol. The predicted octanol–water partition coefficient (Wildman–Crippen LogP) is 2.46. The van der Waals surface area contributed by atoms with Crippen LogP contribution in [0.3, 0.4) is 0 Å². The Labute approximate surface area is 99.1 Å². The largest absolute Gasteiger partial charge is 0.382 e. The van der Waals surface area contributed by atoms with E-state index < -0.39 is 0 Å². The zero-order chi connectivity index (χ0) is 12.0. The number of H-pyrrole nitrogens is 1. The quantitative estimate of drug-likeness (QED) is 0.669. The number of aryl methyl sites for hydroxylation is 2. The summed E-state index contributed by atoms with van der Waals surface area (Å²) < 4.78 is 1.80. The van der Waals surface area contributed by atoms with Crippen molar-refractivity contribution in [3.63, 3.8) is 0 Å². The minimum atomic E-state index is 0.545. The van der Waals surface area contributed by atoms with Gasteiger partial charge in [-0.2, -0.15) is 5.10 Å². The normalized spacial score (nSPS) is 11.2. The number of aromatic nitrogens is 3. The Morgan fingerprint density at radius 2 is 2.12 bits per heavy atom. The lowest BCUT2D eigenvalue weighted by atomic mass is 10.1. The number of hydrogen-bond acceptors (Lipinski definition) is 2. The van der Waals surface area contributed by atoms with Gasteiger partial charge in [-0.1, -0.05) is 12.1 Å². The number of nitrogens with two attached hydrogens (primary N) is 1. The van der Waals surface area contributed by atoms with E-state index in [0.29, 0.717) is 5.82 Å². The molecule has 0 amide bonds. The summed E-state index contributed by atoms with van der Waals surface area (Å²) in [5.74, 6) is 0.545. The van der Waals surface area contributed by atoms with Crippen molar-refractivity contribution in [3.05, 3.63) is 36.0 Å². The fourth-order valence-electron chi connectivity index (χ4n) is 2.19. The van der Waals surface area contributed by atoms with E-state index in [4.69, 9.17) is 5.73 Å². The van der Waals surface area contributed by atoms with Gasteiger partial charge in [-0.3, -0.25) is 4.68 Å². The molecule has 0 fully saturated rings. The minimum Gasteiger partial charge on any atom is -0.382 e. The van der Waals surface area contributed by atoms with E-state index in [0.717, 1.165) is 16.8 Å². The minimum absolute atomic E-state index is 0.545. The molecular formula is C13H14N4. The van der Waals surface area contributed by atoms with Crippen molar-refractivity contribution in [2.75, 3.05) is 5.73 Å². The smallest absolute Gasteiger partial charge is 0.146 e. The molecule has 0 radical (unpaired) electrons. The Bertz CT molecular complexity index is 691. The molecule has 0 spiro atoms. The molecule has 3 aromatic rings. The molecule has 3 N–H and O–H groups in total. The van der Waals surface area contributed by atoms with Crippen LogP contribution in [0.15, 0.2) is 30.5 Å². The lowest BCUT2D eigenvalue weighted by Gasteiger charge is -2.00. The lowest BCUT2D eigenvalue weighted by molar-refractivity contribution is 0.781. The highest BCUT2D eigenvalue weighted by Crippen LogP contribution is 2.29. The highest BCUT2D eigenvalue weighted by atomic mass is 15.3. The van der Waals surface area contributed by atoms with Gasteiger partial charge in [-0.25, -0.2) is 0 Å². The van der Waals surface area contributed by atoms with Crippen LogP contribution in [0.4, 0.5) is 5.82 Å². The Morgan fingerprint density at radius 1 is 1.29 bits per heavy atom. The molecule has 2 heterocycles. The van der Waals surface area contributed by atoms with Crippen LogP contribution < -0.4 is 5.73 Å². The topological polar surface area (TPSA) is 59.6 Å². The summed E-state index contributed by atoms with van der Waals surface area (Å²) in [6.07, 6.45) is 2.00. The Morgan fingerprint density at radius 3 is 2.82 bits per heavy atom. The van der Waals surface area contributed by atoms with Crippen LogP contribution in [0.2, 0.25) is 0 Å². The molecule has 4 heteroatoms. The van der Waals surface area contributed by atoms with Crippen LogP contribution in [0.1, 0.15) is 5.56 Å². The Kier molecular flexibility index (Phi) is 1.98. The number of rotatable bonds is 1. The second kappa shape index (κ2) is 3.38. The highest BCUT2D eigenvalue weighted by Gasteiger charge is 2.10. The highest BCUT2D eigenvalue weighted by molar-refractivity contribution is 5.95. The standard InChI is InChI=1S/C13H14N4/c1-8-3-4-9-10(7-15-11(9)5-8)12-6-13(14)16-17(12)2/h3-7,15H,1-2H3,(H2,14,16). The van der Waals surface area contributed by atoms with E-state index >= 15 is 0 Å². The first-order valence-electron chi connectivity index (χ1n) is 5.53. The van der Waals surface area contributed by atoms with Crippen molar-refractivity contribution in [2.24, 2.45) is 7.05 Å². The van der Waals surface area contributed by atoms with Crippen LogP contribution in [0.5, 0.6) is 0 Å². The van der Waals surface area contributed by atoms with Gasteiger partial charge in [0.15, 0.2) is 0 Å². The summed E-state index contributed by atoms with van der Waals surface area (Å²) in [5.41, 5.74) is 10.3. The summed E-state index contributed by atoms with van der Waals surface area (Å²) in [7, 11) is 1.90. The molecule has 4 nitrogen and oxygen atoms in total. The van der Waals surface area contributed by atoms with Crippen molar-refractivity contribution in [1.82, 2.24) is 14.8 Å². The fraction of sp³-hybridized carbons (Fsp3) is 0.154. The molecule has 2 aromatic heterocycles. The molecule has 0 aliphatic carbocycles. The molecule has 0 saturated carbocycles. The molecule has 0 aliphatic rings. The molecule has 0 bridgehead atoms. The number of nitrogens with zero attached hydrogens (tertiary/aromatic N) is 2. The third-order valence-electron chi connectivity index (χ3n) is 3.01. The zero-order valence-corrected chi connectivity index (χ0v) is 9.86. The molecule has 1 aromatic carbocycles. The van der Waals surface area contributed by atoms with Gasteiger partial charge in [-0.15, -0.1) is 0 Å². The second-order valence-corrected chi connectivity index (χ2v) is 4.33. The zero-order valence-electron chi connectivity index (χ0n) is 9.86. The van der Waals surface area contributed by atoms with Crippen LogP contribution in [0.25, 0.3) is 22.2 Å². The van der Waals surface area contributed by atoms with Gasteiger partial charge in [0.05, 0.1) is 5.69 Å². The lowest BCUT2D eigenvalue weighted by Crippen LogP contribution is -1.94. The van der Waals surface area contributed by atoms with E-state index in [1.807, 2.05) is 19.3 Å². The number of hydrogen-bond donors (Lipinski definition) is 2. The number of anilines is 1. The number of nitrogen functional groups attached to an aromatic ring is 1. The van der Waals surface area contributed by atoms with Crippen LogP contribution >= 0.6 is 0 Å². The van der Waals surface area contributed by atoms with E-state index in [9.17, 15) is 0 Å². The second-order valence-electron chi connectivity index (χ2n) is 4.33. The van der Waals surface area contributed by atoms with Gasteiger partial charge in [0.1, 0.15) is 5.82 Å². The third-order valence-corrected chi connectivity index (χ3v) is 3.01. The summed E-state index contributed by atoms with van der Waals surface area (Å²) in [6.45, 7) is 2.09. The SMILES string of the molecule is Cc1ccc2c(-c3cc(N)nn3C)c[nH]c2c1. The van der Waals surface area contributed by atoms with Crippen LogP contribution in [0, 0.1) is 6.92 Å². The summed E-state index contributed by atoms with van der Waals surface area (Å²) in [6, 6.07) is 8.26. The first kappa shape index (κ1) is 9.96. The Hall–Kier alpha value is -2.23. The first-order chi connectivity index (χ1) is 8.15. The maximum Gasteiger partial charge on any atom is 0.146 e. The van der Waals surface area contributed by atoms with Crippen LogP contribution in [-0.2, 0) is 7.05 Å². The predicted molar refractivity (Wildman–Crippen MR) is 69.7 cm³/mol. The maximum absolute atomic E-state index is 5.71. The molecule has 3 rings (SSSR count). The molecule has 0 unspecified atom stereocenters. The van der Waals surface area contributed by atoms with E-state index in [1.165, 1.54) is 10.9 Å². The van der Waals surface area contributed by atoms with Gasteiger partial charge >= 0.3 is 0 Å². The van der Waals surface area contributed by atoms with Crippen molar-refractivity contribution in [1.29, 1.82) is 0 Å². The van der Waals surface area contributed by atoms with Crippen molar-refractivity contribution in [3.8, 4) is 11.3 Å². The van der Waals surface area contributed by atoms with E-state index in [1.54, 1.807) is 4.68 Å². The van der Waals surface area contributed by atoms with Crippen LogP contribution in [-0.4, -0.2) is 14.8 Å².